The molecule has 0 radical (unpaired) electrons. The highest BCUT2D eigenvalue weighted by Gasteiger charge is 2.28. The summed E-state index contributed by atoms with van der Waals surface area (Å²) < 4.78 is 0. The summed E-state index contributed by atoms with van der Waals surface area (Å²) in [6.45, 7) is 0.152. The van der Waals surface area contributed by atoms with Crippen LogP contribution in [0.4, 0.5) is 0 Å². The zero-order chi connectivity index (χ0) is 14.4. The molecule has 1 aromatic carbocycles. The molecule has 2 rings (SSSR count). The van der Waals surface area contributed by atoms with Crippen LogP contribution in [-0.4, -0.2) is 46.8 Å². The van der Waals surface area contributed by atoms with Gasteiger partial charge in [0.05, 0.1) is 6.61 Å². The van der Waals surface area contributed by atoms with Crippen molar-refractivity contribution in [3.8, 4) is 11.8 Å². The van der Waals surface area contributed by atoms with E-state index < -0.39 is 0 Å². The molecule has 1 aliphatic rings. The number of hydrogen-bond acceptors (Lipinski definition) is 3. The van der Waals surface area contributed by atoms with E-state index in [1.807, 2.05) is 0 Å². The molecule has 1 aromatic rings. The van der Waals surface area contributed by atoms with Crippen LogP contribution in [0, 0.1) is 11.8 Å². The molecular formula is C16H19NO3. The third-order valence-corrected chi connectivity index (χ3v) is 3.54. The van der Waals surface area contributed by atoms with Crippen molar-refractivity contribution in [1.29, 1.82) is 0 Å². The first-order chi connectivity index (χ1) is 9.76. The van der Waals surface area contributed by atoms with Gasteiger partial charge in [0, 0.05) is 23.7 Å². The van der Waals surface area contributed by atoms with Gasteiger partial charge in [-0.2, -0.15) is 0 Å². The number of aliphatic hydroxyl groups excluding tert-OH is 2. The minimum Gasteiger partial charge on any atom is -0.395 e. The number of rotatable bonds is 4. The number of nitrogens with zero attached hydrogens (tertiary/aromatic N) is 1. The highest BCUT2D eigenvalue weighted by Crippen LogP contribution is 2.26. The predicted molar refractivity (Wildman–Crippen MR) is 76.2 cm³/mol. The van der Waals surface area contributed by atoms with E-state index in [0.717, 1.165) is 19.3 Å². The van der Waals surface area contributed by atoms with Crippen LogP contribution >= 0.6 is 0 Å². The maximum Gasteiger partial charge on any atom is 0.254 e. The zero-order valence-corrected chi connectivity index (χ0v) is 11.4. The quantitative estimate of drug-likeness (QED) is 0.805. The van der Waals surface area contributed by atoms with Gasteiger partial charge in [0.15, 0.2) is 0 Å². The number of benzene rings is 1. The van der Waals surface area contributed by atoms with Crippen molar-refractivity contribution in [2.45, 2.75) is 25.3 Å². The van der Waals surface area contributed by atoms with Crippen LogP contribution in [0.1, 0.15) is 35.2 Å². The van der Waals surface area contributed by atoms with E-state index in [0.29, 0.717) is 17.7 Å². The number of carbonyl (C=O) groups excluding carboxylic acids is 1. The van der Waals surface area contributed by atoms with Crippen molar-refractivity contribution in [1.82, 2.24) is 4.90 Å². The molecule has 4 heteroatoms. The van der Waals surface area contributed by atoms with E-state index in [1.165, 1.54) is 0 Å². The van der Waals surface area contributed by atoms with Gasteiger partial charge in [-0.1, -0.05) is 17.9 Å². The molecule has 1 amide bonds. The van der Waals surface area contributed by atoms with Crippen molar-refractivity contribution in [2.75, 3.05) is 19.8 Å². The topological polar surface area (TPSA) is 60.8 Å². The van der Waals surface area contributed by atoms with Crippen LogP contribution < -0.4 is 0 Å². The Labute approximate surface area is 119 Å². The van der Waals surface area contributed by atoms with E-state index in [-0.39, 0.29) is 25.2 Å². The van der Waals surface area contributed by atoms with Crippen LogP contribution in [0.3, 0.4) is 0 Å². The lowest BCUT2D eigenvalue weighted by molar-refractivity contribution is 0.0526. The predicted octanol–water partition coefficient (Wildman–Crippen LogP) is 1.02. The number of carbonyl (C=O) groups is 1. The molecule has 1 saturated carbocycles. The molecule has 2 N–H and O–H groups in total. The molecule has 20 heavy (non-hydrogen) atoms. The molecule has 0 bridgehead atoms. The molecule has 0 aliphatic heterocycles. The highest BCUT2D eigenvalue weighted by molar-refractivity contribution is 5.94. The average Bonchev–Trinajstić information content (AvgIpc) is 2.42. The second-order valence-electron chi connectivity index (χ2n) is 4.85. The molecule has 0 unspecified atom stereocenters. The minimum absolute atomic E-state index is 0.0216. The van der Waals surface area contributed by atoms with Gasteiger partial charge in [-0.3, -0.25) is 4.79 Å². The van der Waals surface area contributed by atoms with E-state index in [1.54, 1.807) is 29.2 Å². The van der Waals surface area contributed by atoms with Crippen LogP contribution in [0.2, 0.25) is 0 Å². The van der Waals surface area contributed by atoms with Crippen molar-refractivity contribution >= 4 is 5.91 Å². The lowest BCUT2D eigenvalue weighted by Gasteiger charge is -2.37. The second-order valence-corrected chi connectivity index (χ2v) is 4.85. The summed E-state index contributed by atoms with van der Waals surface area (Å²) in [6.07, 6.45) is 3.16. The molecule has 1 fully saturated rings. The van der Waals surface area contributed by atoms with Crippen LogP contribution in [0.15, 0.2) is 24.3 Å². The first-order valence-electron chi connectivity index (χ1n) is 6.88. The van der Waals surface area contributed by atoms with Gasteiger partial charge >= 0.3 is 0 Å². The summed E-state index contributed by atoms with van der Waals surface area (Å²) in [4.78, 5) is 14.3. The number of amides is 1. The Balaban J connectivity index is 2.17. The first kappa shape index (κ1) is 14.6. The van der Waals surface area contributed by atoms with Gasteiger partial charge in [0.25, 0.3) is 5.91 Å². The normalized spacial score (nSPS) is 14.1. The maximum atomic E-state index is 12.5. The fourth-order valence-electron chi connectivity index (χ4n) is 2.29. The molecule has 0 heterocycles. The van der Waals surface area contributed by atoms with Gasteiger partial charge in [-0.05, 0) is 37.5 Å². The monoisotopic (exact) mass is 273 g/mol. The van der Waals surface area contributed by atoms with Crippen LogP contribution in [-0.2, 0) is 0 Å². The Morgan fingerprint density at radius 1 is 1.35 bits per heavy atom. The number of aliphatic hydroxyl groups is 2. The van der Waals surface area contributed by atoms with E-state index in [9.17, 15) is 4.79 Å². The zero-order valence-electron chi connectivity index (χ0n) is 11.4. The third-order valence-electron chi connectivity index (χ3n) is 3.54. The Bertz CT molecular complexity index is 526. The van der Waals surface area contributed by atoms with Gasteiger partial charge < -0.3 is 15.1 Å². The van der Waals surface area contributed by atoms with Gasteiger partial charge in [0.2, 0.25) is 0 Å². The Hall–Kier alpha value is -1.83. The molecular weight excluding hydrogens is 254 g/mol. The second kappa shape index (κ2) is 7.09. The summed E-state index contributed by atoms with van der Waals surface area (Å²) in [5, 5.41) is 17.8. The van der Waals surface area contributed by atoms with Gasteiger partial charge in [0.1, 0.15) is 6.61 Å². The van der Waals surface area contributed by atoms with Crippen LogP contribution in [0.25, 0.3) is 0 Å². The van der Waals surface area contributed by atoms with E-state index >= 15 is 0 Å². The summed E-state index contributed by atoms with van der Waals surface area (Å²) in [7, 11) is 0. The van der Waals surface area contributed by atoms with Crippen molar-refractivity contribution in [3.63, 3.8) is 0 Å². The standard InChI is InChI=1S/C16H19NO3/c18-10-3-5-13-4-1-6-14(12-13)16(20)17(9-11-19)15-7-2-8-15/h1,4,6,12,15,18-19H,2,7-11H2. The molecule has 106 valence electrons. The van der Waals surface area contributed by atoms with Gasteiger partial charge in [-0.25, -0.2) is 0 Å². The molecule has 4 nitrogen and oxygen atoms in total. The van der Waals surface area contributed by atoms with Crippen LogP contribution in [0.5, 0.6) is 0 Å². The van der Waals surface area contributed by atoms with Crippen molar-refractivity contribution in [3.05, 3.63) is 35.4 Å². The van der Waals surface area contributed by atoms with E-state index in [2.05, 4.69) is 11.8 Å². The SMILES string of the molecule is O=C(c1cccc(C#CCO)c1)N(CCO)C1CCC1. The fraction of sp³-hybridized carbons (Fsp3) is 0.438. The largest absolute Gasteiger partial charge is 0.395 e. The third kappa shape index (κ3) is 3.38. The Kier molecular flexibility index (Phi) is 5.16. The molecule has 1 aliphatic carbocycles. The van der Waals surface area contributed by atoms with E-state index in [4.69, 9.17) is 10.2 Å². The van der Waals surface area contributed by atoms with Crippen molar-refractivity contribution < 1.29 is 15.0 Å². The summed E-state index contributed by atoms with van der Waals surface area (Å²) in [5.74, 6) is 5.31. The maximum absolute atomic E-state index is 12.5. The Morgan fingerprint density at radius 3 is 2.75 bits per heavy atom. The summed E-state index contributed by atoms with van der Waals surface area (Å²) in [6, 6.07) is 7.33. The molecule has 0 spiro atoms. The lowest BCUT2D eigenvalue weighted by atomic mass is 9.91. The molecule has 0 aromatic heterocycles. The molecule has 0 atom stereocenters. The summed E-state index contributed by atoms with van der Waals surface area (Å²) in [5.41, 5.74) is 1.29. The van der Waals surface area contributed by atoms with Crippen molar-refractivity contribution in [2.24, 2.45) is 0 Å². The first-order valence-corrected chi connectivity index (χ1v) is 6.88. The Morgan fingerprint density at radius 2 is 2.15 bits per heavy atom. The average molecular weight is 273 g/mol. The smallest absolute Gasteiger partial charge is 0.254 e. The number of hydrogen-bond donors (Lipinski definition) is 2. The highest BCUT2D eigenvalue weighted by atomic mass is 16.3. The molecule has 0 saturated heterocycles. The minimum atomic E-state index is -0.198. The summed E-state index contributed by atoms with van der Waals surface area (Å²) >= 11 is 0. The lowest BCUT2D eigenvalue weighted by Crippen LogP contribution is -2.45. The van der Waals surface area contributed by atoms with Gasteiger partial charge in [-0.15, -0.1) is 0 Å². The fourth-order valence-corrected chi connectivity index (χ4v) is 2.29.